The van der Waals surface area contributed by atoms with Crippen LogP contribution >= 0.6 is 11.8 Å². The van der Waals surface area contributed by atoms with Crippen molar-refractivity contribution in [2.75, 3.05) is 5.75 Å². The maximum atomic E-state index is 8.97. The third-order valence-corrected chi connectivity index (χ3v) is 3.94. The van der Waals surface area contributed by atoms with Crippen molar-refractivity contribution in [3.8, 4) is 6.07 Å². The molecule has 0 aliphatic carbocycles. The van der Waals surface area contributed by atoms with Crippen molar-refractivity contribution in [1.82, 2.24) is 14.8 Å². The fraction of sp³-hybridized carbons (Fsp3) is 0.769. The molecule has 0 spiro atoms. The van der Waals surface area contributed by atoms with E-state index in [9.17, 15) is 0 Å². The van der Waals surface area contributed by atoms with Crippen molar-refractivity contribution in [3.63, 3.8) is 0 Å². The summed E-state index contributed by atoms with van der Waals surface area (Å²) in [4.78, 5) is 0. The summed E-state index contributed by atoms with van der Waals surface area (Å²) in [5.74, 6) is 1.77. The average Bonchev–Trinajstić information content (AvgIpc) is 2.77. The van der Waals surface area contributed by atoms with Crippen LogP contribution in [0, 0.1) is 16.7 Å². The van der Waals surface area contributed by atoms with Crippen LogP contribution in [0.25, 0.3) is 0 Å². The first kappa shape index (κ1) is 16.0. The van der Waals surface area contributed by atoms with E-state index < -0.39 is 0 Å². The highest BCUT2D eigenvalue weighted by Crippen LogP contribution is 2.26. The van der Waals surface area contributed by atoms with E-state index >= 15 is 0 Å². The van der Waals surface area contributed by atoms with Crippen LogP contribution in [-0.4, -0.2) is 20.5 Å². The monoisotopic (exact) mass is 281 g/mol. The standard InChI is InChI=1S/C13H23N5S/c1-10(2)18-11(8-14)16-17-12(18)19-7-5-6-13(3,4)9-15/h10H,5-8,14H2,1-4H3. The fourth-order valence-corrected chi connectivity index (χ4v) is 2.82. The molecule has 19 heavy (non-hydrogen) atoms. The number of nitrogens with two attached hydrogens (primary N) is 1. The van der Waals surface area contributed by atoms with Crippen molar-refractivity contribution in [2.45, 2.75) is 58.3 Å². The number of thioether (sulfide) groups is 1. The summed E-state index contributed by atoms with van der Waals surface area (Å²) < 4.78 is 2.08. The Balaban J connectivity index is 2.55. The van der Waals surface area contributed by atoms with Crippen molar-refractivity contribution < 1.29 is 0 Å². The molecule has 0 aromatic carbocycles. The van der Waals surface area contributed by atoms with Gasteiger partial charge in [0.15, 0.2) is 5.16 Å². The quantitative estimate of drug-likeness (QED) is 0.614. The van der Waals surface area contributed by atoms with E-state index in [-0.39, 0.29) is 5.41 Å². The summed E-state index contributed by atoms with van der Waals surface area (Å²) in [6, 6.07) is 2.64. The third-order valence-electron chi connectivity index (χ3n) is 2.91. The molecule has 0 aliphatic rings. The number of aromatic nitrogens is 3. The minimum atomic E-state index is -0.241. The lowest BCUT2D eigenvalue weighted by molar-refractivity contribution is 0.447. The largest absolute Gasteiger partial charge is 0.324 e. The van der Waals surface area contributed by atoms with Gasteiger partial charge < -0.3 is 10.3 Å². The van der Waals surface area contributed by atoms with E-state index in [0.717, 1.165) is 29.6 Å². The molecule has 0 saturated heterocycles. The predicted molar refractivity (Wildman–Crippen MR) is 77.7 cm³/mol. The molecule has 1 rings (SSSR count). The third kappa shape index (κ3) is 4.51. The first-order chi connectivity index (χ1) is 8.91. The van der Waals surface area contributed by atoms with Crippen molar-refractivity contribution in [2.24, 2.45) is 11.1 Å². The Morgan fingerprint density at radius 1 is 1.42 bits per heavy atom. The van der Waals surface area contributed by atoms with Gasteiger partial charge in [-0.1, -0.05) is 11.8 Å². The molecular weight excluding hydrogens is 258 g/mol. The molecule has 0 unspecified atom stereocenters. The first-order valence-electron chi connectivity index (χ1n) is 6.59. The SMILES string of the molecule is CC(C)n1c(CN)nnc1SCCCC(C)(C)C#N. The normalized spacial score (nSPS) is 11.8. The van der Waals surface area contributed by atoms with Crippen LogP contribution in [0.3, 0.4) is 0 Å². The lowest BCUT2D eigenvalue weighted by atomic mass is 9.90. The number of rotatable bonds is 7. The van der Waals surface area contributed by atoms with Crippen molar-refractivity contribution >= 4 is 11.8 Å². The smallest absolute Gasteiger partial charge is 0.191 e. The van der Waals surface area contributed by atoms with Crippen LogP contribution in [-0.2, 0) is 6.54 Å². The molecule has 0 fully saturated rings. The van der Waals surface area contributed by atoms with E-state index in [2.05, 4.69) is 34.7 Å². The lowest BCUT2D eigenvalue weighted by Crippen LogP contribution is -2.11. The van der Waals surface area contributed by atoms with Crippen LogP contribution in [0.15, 0.2) is 5.16 Å². The molecule has 0 bridgehead atoms. The van der Waals surface area contributed by atoms with Gasteiger partial charge in [0.05, 0.1) is 18.0 Å². The predicted octanol–water partition coefficient (Wildman–Crippen LogP) is 2.74. The van der Waals surface area contributed by atoms with Gasteiger partial charge in [-0.25, -0.2) is 0 Å². The van der Waals surface area contributed by atoms with E-state index in [0.29, 0.717) is 12.6 Å². The summed E-state index contributed by atoms with van der Waals surface area (Å²) in [6.07, 6.45) is 1.89. The summed E-state index contributed by atoms with van der Waals surface area (Å²) in [5, 5.41) is 18.2. The zero-order valence-electron chi connectivity index (χ0n) is 12.2. The second kappa shape index (κ2) is 6.92. The van der Waals surface area contributed by atoms with Crippen LogP contribution in [0.1, 0.15) is 52.4 Å². The maximum absolute atomic E-state index is 8.97. The molecule has 0 atom stereocenters. The van der Waals surface area contributed by atoms with Crippen LogP contribution in [0.4, 0.5) is 0 Å². The number of hydrogen-bond acceptors (Lipinski definition) is 5. The molecule has 0 amide bonds. The molecule has 1 heterocycles. The maximum Gasteiger partial charge on any atom is 0.191 e. The molecule has 2 N–H and O–H groups in total. The van der Waals surface area contributed by atoms with Gasteiger partial charge in [-0.3, -0.25) is 0 Å². The second-order valence-electron chi connectivity index (χ2n) is 5.51. The Bertz CT molecular complexity index is 444. The average molecular weight is 281 g/mol. The number of hydrogen-bond donors (Lipinski definition) is 1. The first-order valence-corrected chi connectivity index (χ1v) is 7.57. The molecule has 5 nitrogen and oxygen atoms in total. The molecular formula is C13H23N5S. The van der Waals surface area contributed by atoms with Gasteiger partial charge in [-0.2, -0.15) is 5.26 Å². The van der Waals surface area contributed by atoms with Gasteiger partial charge in [-0.05, 0) is 40.5 Å². The zero-order valence-corrected chi connectivity index (χ0v) is 13.0. The van der Waals surface area contributed by atoms with E-state index in [1.54, 1.807) is 11.8 Å². The Morgan fingerprint density at radius 3 is 2.63 bits per heavy atom. The van der Waals surface area contributed by atoms with Gasteiger partial charge in [0.25, 0.3) is 0 Å². The Kier molecular flexibility index (Phi) is 5.83. The topological polar surface area (TPSA) is 80.5 Å². The van der Waals surface area contributed by atoms with Crippen molar-refractivity contribution in [1.29, 1.82) is 5.26 Å². The van der Waals surface area contributed by atoms with Gasteiger partial charge in [0.2, 0.25) is 0 Å². The summed E-state index contributed by atoms with van der Waals surface area (Å²) in [5.41, 5.74) is 5.42. The summed E-state index contributed by atoms with van der Waals surface area (Å²) in [6.45, 7) is 8.56. The highest BCUT2D eigenvalue weighted by atomic mass is 32.2. The molecule has 1 aromatic heterocycles. The second-order valence-corrected chi connectivity index (χ2v) is 6.58. The molecule has 6 heteroatoms. The van der Waals surface area contributed by atoms with Crippen LogP contribution in [0.5, 0.6) is 0 Å². The van der Waals surface area contributed by atoms with E-state index in [1.807, 2.05) is 13.8 Å². The van der Waals surface area contributed by atoms with E-state index in [1.165, 1.54) is 0 Å². The molecule has 106 valence electrons. The fourth-order valence-electron chi connectivity index (χ4n) is 1.80. The van der Waals surface area contributed by atoms with Gasteiger partial charge in [-0.15, -0.1) is 10.2 Å². The highest BCUT2D eigenvalue weighted by molar-refractivity contribution is 7.99. The van der Waals surface area contributed by atoms with Gasteiger partial charge in [0.1, 0.15) is 5.82 Å². The molecule has 0 aliphatic heterocycles. The Morgan fingerprint density at radius 2 is 2.11 bits per heavy atom. The summed E-state index contributed by atoms with van der Waals surface area (Å²) in [7, 11) is 0. The zero-order chi connectivity index (χ0) is 14.5. The molecule has 0 radical (unpaired) electrons. The lowest BCUT2D eigenvalue weighted by Gasteiger charge is -2.15. The molecule has 1 aromatic rings. The van der Waals surface area contributed by atoms with Gasteiger partial charge >= 0.3 is 0 Å². The highest BCUT2D eigenvalue weighted by Gasteiger charge is 2.17. The Hall–Kier alpha value is -1.06. The van der Waals surface area contributed by atoms with Crippen LogP contribution in [0.2, 0.25) is 0 Å². The minimum Gasteiger partial charge on any atom is -0.324 e. The summed E-state index contributed by atoms with van der Waals surface area (Å²) >= 11 is 1.69. The minimum absolute atomic E-state index is 0.241. The van der Waals surface area contributed by atoms with Crippen molar-refractivity contribution in [3.05, 3.63) is 5.82 Å². The molecule has 0 saturated carbocycles. The van der Waals surface area contributed by atoms with Crippen LogP contribution < -0.4 is 5.73 Å². The number of nitriles is 1. The Labute approximate surface area is 119 Å². The van der Waals surface area contributed by atoms with E-state index in [4.69, 9.17) is 11.0 Å². The van der Waals surface area contributed by atoms with Gasteiger partial charge in [0, 0.05) is 11.8 Å². The number of nitrogens with zero attached hydrogens (tertiary/aromatic N) is 4.